The van der Waals surface area contributed by atoms with Gasteiger partial charge in [-0.25, -0.2) is 0 Å². The van der Waals surface area contributed by atoms with Gasteiger partial charge in [-0.05, 0) is 41.8 Å². The number of halogens is 4. The van der Waals surface area contributed by atoms with Crippen molar-refractivity contribution in [3.63, 3.8) is 0 Å². The minimum Gasteiger partial charge on any atom is -0.366 e. The van der Waals surface area contributed by atoms with Crippen LogP contribution in [0.4, 0.5) is 24.5 Å². The third-order valence-corrected chi connectivity index (χ3v) is 5.43. The standard InChI is InChI=1S/C22H23ClF3N3O2/c1-14(2)15-3-5-16(6-4-15)20(30)27-18-13-17(23)7-8-19(18)28-9-11-29(12-10-28)21(31)22(24,25)26/h3-8,13-14H,9-12H2,1-2H3,(H,27,30). The van der Waals surface area contributed by atoms with E-state index in [4.69, 9.17) is 11.6 Å². The molecule has 2 aromatic rings. The van der Waals surface area contributed by atoms with Crippen molar-refractivity contribution in [3.8, 4) is 0 Å². The van der Waals surface area contributed by atoms with Crippen molar-refractivity contribution in [2.45, 2.75) is 25.9 Å². The van der Waals surface area contributed by atoms with Crippen molar-refractivity contribution < 1.29 is 22.8 Å². The van der Waals surface area contributed by atoms with Crippen LogP contribution in [-0.4, -0.2) is 49.1 Å². The second-order valence-corrected chi connectivity index (χ2v) is 8.11. The summed E-state index contributed by atoms with van der Waals surface area (Å²) in [5.41, 5.74) is 2.69. The van der Waals surface area contributed by atoms with E-state index in [0.717, 1.165) is 10.5 Å². The van der Waals surface area contributed by atoms with Gasteiger partial charge in [-0.3, -0.25) is 9.59 Å². The van der Waals surface area contributed by atoms with E-state index in [-0.39, 0.29) is 32.1 Å². The molecule has 2 amide bonds. The van der Waals surface area contributed by atoms with Crippen LogP contribution in [-0.2, 0) is 4.79 Å². The smallest absolute Gasteiger partial charge is 0.366 e. The fourth-order valence-electron chi connectivity index (χ4n) is 3.43. The number of benzene rings is 2. The molecular weight excluding hydrogens is 431 g/mol. The first-order valence-electron chi connectivity index (χ1n) is 9.88. The molecule has 9 heteroatoms. The summed E-state index contributed by atoms with van der Waals surface area (Å²) in [5, 5.41) is 3.26. The lowest BCUT2D eigenvalue weighted by molar-refractivity contribution is -0.185. The summed E-state index contributed by atoms with van der Waals surface area (Å²) in [6, 6.07) is 12.3. The van der Waals surface area contributed by atoms with Crippen LogP contribution in [0.1, 0.15) is 35.7 Å². The summed E-state index contributed by atoms with van der Waals surface area (Å²) < 4.78 is 38.0. The van der Waals surface area contributed by atoms with Crippen LogP contribution < -0.4 is 10.2 Å². The Kier molecular flexibility index (Phi) is 6.79. The van der Waals surface area contributed by atoms with E-state index < -0.39 is 12.1 Å². The average molecular weight is 454 g/mol. The maximum Gasteiger partial charge on any atom is 0.471 e. The summed E-state index contributed by atoms with van der Waals surface area (Å²) in [7, 11) is 0. The third-order valence-electron chi connectivity index (χ3n) is 5.20. The van der Waals surface area contributed by atoms with E-state index in [1.165, 1.54) is 0 Å². The molecule has 166 valence electrons. The van der Waals surface area contributed by atoms with Gasteiger partial charge in [0.25, 0.3) is 5.91 Å². The van der Waals surface area contributed by atoms with Crippen LogP contribution in [0.15, 0.2) is 42.5 Å². The fourth-order valence-corrected chi connectivity index (χ4v) is 3.60. The Morgan fingerprint density at radius 3 is 2.16 bits per heavy atom. The van der Waals surface area contributed by atoms with Gasteiger partial charge in [0.15, 0.2) is 0 Å². The molecule has 0 unspecified atom stereocenters. The third kappa shape index (κ3) is 5.50. The van der Waals surface area contributed by atoms with Gasteiger partial charge in [0.2, 0.25) is 0 Å². The Morgan fingerprint density at radius 1 is 1.00 bits per heavy atom. The molecule has 0 radical (unpaired) electrons. The van der Waals surface area contributed by atoms with Crippen molar-refractivity contribution >= 4 is 34.8 Å². The van der Waals surface area contributed by atoms with Crippen LogP contribution in [0.2, 0.25) is 5.02 Å². The molecule has 31 heavy (non-hydrogen) atoms. The van der Waals surface area contributed by atoms with E-state index in [1.54, 1.807) is 30.3 Å². The summed E-state index contributed by atoms with van der Waals surface area (Å²) in [6.45, 7) is 4.41. The van der Waals surface area contributed by atoms with Crippen molar-refractivity contribution in [3.05, 3.63) is 58.6 Å². The number of carbonyl (C=O) groups is 2. The molecule has 1 saturated heterocycles. The van der Waals surface area contributed by atoms with Crippen LogP contribution in [0.5, 0.6) is 0 Å². The highest BCUT2D eigenvalue weighted by Crippen LogP contribution is 2.31. The topological polar surface area (TPSA) is 52.7 Å². The lowest BCUT2D eigenvalue weighted by atomic mass is 10.0. The molecule has 0 aliphatic carbocycles. The van der Waals surface area contributed by atoms with Crippen LogP contribution in [0.3, 0.4) is 0 Å². The normalized spacial score (nSPS) is 14.7. The molecule has 2 aromatic carbocycles. The predicted octanol–water partition coefficient (Wildman–Crippen LogP) is 4.93. The molecule has 1 heterocycles. The number of amides is 2. The Labute approximate surface area is 183 Å². The van der Waals surface area contributed by atoms with Crippen molar-refractivity contribution in [2.75, 3.05) is 36.4 Å². The molecule has 1 N–H and O–H groups in total. The predicted molar refractivity (Wildman–Crippen MR) is 115 cm³/mol. The molecule has 0 aromatic heterocycles. The monoisotopic (exact) mass is 453 g/mol. The summed E-state index contributed by atoms with van der Waals surface area (Å²) in [5.74, 6) is -1.80. The maximum absolute atomic E-state index is 12.7. The zero-order valence-electron chi connectivity index (χ0n) is 17.2. The van der Waals surface area contributed by atoms with Gasteiger partial charge in [0, 0.05) is 36.8 Å². The zero-order chi connectivity index (χ0) is 22.8. The van der Waals surface area contributed by atoms with Gasteiger partial charge in [0.05, 0.1) is 11.4 Å². The molecule has 3 rings (SSSR count). The van der Waals surface area contributed by atoms with Gasteiger partial charge in [-0.1, -0.05) is 37.6 Å². The quantitative estimate of drug-likeness (QED) is 0.714. The molecule has 0 saturated carbocycles. The average Bonchev–Trinajstić information content (AvgIpc) is 2.73. The van der Waals surface area contributed by atoms with Crippen LogP contribution in [0, 0.1) is 0 Å². The minimum absolute atomic E-state index is 0.0645. The number of piperazine rings is 1. The molecule has 0 atom stereocenters. The molecule has 1 aliphatic rings. The summed E-state index contributed by atoms with van der Waals surface area (Å²) in [6.07, 6.45) is -4.88. The lowest BCUT2D eigenvalue weighted by Gasteiger charge is -2.37. The first-order chi connectivity index (χ1) is 14.6. The number of hydrogen-bond donors (Lipinski definition) is 1. The number of anilines is 2. The van der Waals surface area contributed by atoms with E-state index in [2.05, 4.69) is 19.2 Å². The largest absolute Gasteiger partial charge is 0.471 e. The van der Waals surface area contributed by atoms with E-state index in [1.807, 2.05) is 17.0 Å². The molecular formula is C22H23ClF3N3O2. The Morgan fingerprint density at radius 2 is 1.61 bits per heavy atom. The first kappa shape index (κ1) is 22.9. The SMILES string of the molecule is CC(C)c1ccc(C(=O)Nc2cc(Cl)ccc2N2CCN(C(=O)C(F)(F)F)CC2)cc1. The highest BCUT2D eigenvalue weighted by Gasteiger charge is 2.43. The minimum atomic E-state index is -4.88. The molecule has 1 fully saturated rings. The number of rotatable bonds is 4. The number of hydrogen-bond acceptors (Lipinski definition) is 3. The highest BCUT2D eigenvalue weighted by molar-refractivity contribution is 6.31. The highest BCUT2D eigenvalue weighted by atomic mass is 35.5. The molecule has 5 nitrogen and oxygen atoms in total. The van der Waals surface area contributed by atoms with Gasteiger partial charge in [-0.2, -0.15) is 13.2 Å². The van der Waals surface area contributed by atoms with E-state index >= 15 is 0 Å². The first-order valence-corrected chi connectivity index (χ1v) is 10.3. The number of carbonyl (C=O) groups excluding carboxylic acids is 2. The number of nitrogens with zero attached hydrogens (tertiary/aromatic N) is 2. The van der Waals surface area contributed by atoms with Gasteiger partial charge >= 0.3 is 12.1 Å². The van der Waals surface area contributed by atoms with E-state index in [0.29, 0.717) is 27.9 Å². The summed E-state index contributed by atoms with van der Waals surface area (Å²) in [4.78, 5) is 26.8. The Hall–Kier alpha value is -2.74. The Balaban J connectivity index is 1.74. The zero-order valence-corrected chi connectivity index (χ0v) is 17.9. The van der Waals surface area contributed by atoms with Crippen LogP contribution in [0.25, 0.3) is 0 Å². The lowest BCUT2D eigenvalue weighted by Crippen LogP contribution is -2.52. The maximum atomic E-state index is 12.7. The number of alkyl halides is 3. The number of nitrogens with one attached hydrogen (secondary N) is 1. The van der Waals surface area contributed by atoms with Gasteiger partial charge in [0.1, 0.15) is 0 Å². The van der Waals surface area contributed by atoms with Crippen molar-refractivity contribution in [1.82, 2.24) is 4.90 Å². The fraction of sp³-hybridized carbons (Fsp3) is 0.364. The van der Waals surface area contributed by atoms with Crippen molar-refractivity contribution in [2.24, 2.45) is 0 Å². The second kappa shape index (κ2) is 9.18. The van der Waals surface area contributed by atoms with Crippen LogP contribution >= 0.6 is 11.6 Å². The van der Waals surface area contributed by atoms with Crippen molar-refractivity contribution in [1.29, 1.82) is 0 Å². The second-order valence-electron chi connectivity index (χ2n) is 7.67. The molecule has 0 bridgehead atoms. The molecule has 1 aliphatic heterocycles. The Bertz CT molecular complexity index is 953. The summed E-state index contributed by atoms with van der Waals surface area (Å²) >= 11 is 6.11. The van der Waals surface area contributed by atoms with Gasteiger partial charge < -0.3 is 15.1 Å². The molecule has 0 spiro atoms. The van der Waals surface area contributed by atoms with Gasteiger partial charge in [-0.15, -0.1) is 0 Å². The van der Waals surface area contributed by atoms with E-state index in [9.17, 15) is 22.8 Å².